The lowest BCUT2D eigenvalue weighted by Crippen LogP contribution is -2.66. The first kappa shape index (κ1) is 27.3. The van der Waals surface area contributed by atoms with E-state index in [1.807, 2.05) is 0 Å². The molecule has 0 bridgehead atoms. The van der Waals surface area contributed by atoms with E-state index < -0.39 is 54.5 Å². The van der Waals surface area contributed by atoms with Crippen LogP contribution in [0.2, 0.25) is 0 Å². The minimum atomic E-state index is -1.17. The van der Waals surface area contributed by atoms with Crippen LogP contribution in [0.15, 0.2) is 0 Å². The highest BCUT2D eigenvalue weighted by atomic mass is 16.7. The van der Waals surface area contributed by atoms with E-state index in [2.05, 4.69) is 10.1 Å². The van der Waals surface area contributed by atoms with E-state index in [1.54, 1.807) is 0 Å². The van der Waals surface area contributed by atoms with Crippen molar-refractivity contribution in [1.82, 2.24) is 5.32 Å². The Labute approximate surface area is 186 Å². The second kappa shape index (κ2) is 13.6. The summed E-state index contributed by atoms with van der Waals surface area (Å²) in [5, 5.41) is 2.60. The third kappa shape index (κ3) is 9.60. The molecular formula is C20H31NO11. The van der Waals surface area contributed by atoms with E-state index in [9.17, 15) is 24.0 Å². The van der Waals surface area contributed by atoms with Crippen LogP contribution in [0.25, 0.3) is 0 Å². The molecule has 182 valence electrons. The van der Waals surface area contributed by atoms with Gasteiger partial charge in [0.15, 0.2) is 18.5 Å². The van der Waals surface area contributed by atoms with Crippen LogP contribution in [-0.2, 0) is 52.4 Å². The minimum Gasteiger partial charge on any atom is -0.469 e. The molecule has 1 aliphatic rings. The van der Waals surface area contributed by atoms with Gasteiger partial charge < -0.3 is 33.7 Å². The van der Waals surface area contributed by atoms with Gasteiger partial charge >= 0.3 is 23.9 Å². The molecule has 0 aromatic carbocycles. The first-order valence-electron chi connectivity index (χ1n) is 10.1. The van der Waals surface area contributed by atoms with Crippen LogP contribution in [-0.4, -0.2) is 80.8 Å². The van der Waals surface area contributed by atoms with Gasteiger partial charge in [-0.25, -0.2) is 0 Å². The lowest BCUT2D eigenvalue weighted by Gasteiger charge is -2.44. The van der Waals surface area contributed by atoms with Crippen molar-refractivity contribution >= 4 is 29.8 Å². The van der Waals surface area contributed by atoms with Gasteiger partial charge in [-0.05, 0) is 12.8 Å². The molecule has 1 aliphatic heterocycles. The quantitative estimate of drug-likeness (QED) is 0.251. The maximum atomic E-state index is 11.8. The lowest BCUT2D eigenvalue weighted by atomic mass is 9.96. The van der Waals surface area contributed by atoms with E-state index in [-0.39, 0.29) is 25.6 Å². The Morgan fingerprint density at radius 2 is 1.50 bits per heavy atom. The fourth-order valence-electron chi connectivity index (χ4n) is 3.11. The fraction of sp³-hybridized carbons (Fsp3) is 0.750. The van der Waals surface area contributed by atoms with Gasteiger partial charge in [-0.15, -0.1) is 0 Å². The molecule has 0 radical (unpaired) electrons. The summed E-state index contributed by atoms with van der Waals surface area (Å²) >= 11 is 0. The number of hydrogen-bond acceptors (Lipinski definition) is 11. The summed E-state index contributed by atoms with van der Waals surface area (Å²) in [5.41, 5.74) is 0. The molecule has 1 fully saturated rings. The maximum absolute atomic E-state index is 11.8. The molecule has 5 atom stereocenters. The fourth-order valence-corrected chi connectivity index (χ4v) is 3.11. The third-order valence-electron chi connectivity index (χ3n) is 4.36. The van der Waals surface area contributed by atoms with Gasteiger partial charge in [0, 0.05) is 40.7 Å². The lowest BCUT2D eigenvalue weighted by molar-refractivity contribution is -0.277. The highest BCUT2D eigenvalue weighted by Gasteiger charge is 2.51. The molecule has 0 aliphatic carbocycles. The first-order valence-corrected chi connectivity index (χ1v) is 10.1. The molecule has 0 aromatic rings. The molecule has 1 saturated heterocycles. The van der Waals surface area contributed by atoms with Gasteiger partial charge in [-0.3, -0.25) is 24.0 Å². The molecule has 32 heavy (non-hydrogen) atoms. The van der Waals surface area contributed by atoms with E-state index in [1.165, 1.54) is 21.0 Å². The molecule has 1 amide bonds. The summed E-state index contributed by atoms with van der Waals surface area (Å²) in [6, 6.07) is -1.02. The van der Waals surface area contributed by atoms with Crippen molar-refractivity contribution in [2.75, 3.05) is 20.3 Å². The van der Waals surface area contributed by atoms with Crippen molar-refractivity contribution in [1.29, 1.82) is 0 Å². The molecule has 12 heteroatoms. The monoisotopic (exact) mass is 461 g/mol. The molecule has 1 heterocycles. The first-order chi connectivity index (χ1) is 15.0. The van der Waals surface area contributed by atoms with E-state index >= 15 is 0 Å². The van der Waals surface area contributed by atoms with Crippen molar-refractivity contribution in [2.24, 2.45) is 0 Å². The van der Waals surface area contributed by atoms with Crippen LogP contribution in [0, 0.1) is 0 Å². The second-order valence-corrected chi connectivity index (χ2v) is 7.12. The smallest absolute Gasteiger partial charge is 0.305 e. The van der Waals surface area contributed by atoms with Crippen LogP contribution in [0.5, 0.6) is 0 Å². The van der Waals surface area contributed by atoms with Gasteiger partial charge in [0.1, 0.15) is 18.8 Å². The van der Waals surface area contributed by atoms with E-state index in [0.717, 1.165) is 13.8 Å². The molecule has 0 aromatic heterocycles. The van der Waals surface area contributed by atoms with Crippen molar-refractivity contribution in [3.05, 3.63) is 0 Å². The molecule has 4 unspecified atom stereocenters. The average Bonchev–Trinajstić information content (AvgIpc) is 2.69. The Morgan fingerprint density at radius 1 is 0.875 bits per heavy atom. The number of amides is 1. The Hall–Kier alpha value is -2.73. The van der Waals surface area contributed by atoms with Crippen LogP contribution < -0.4 is 5.32 Å². The molecule has 1 rings (SSSR count). The Kier molecular flexibility index (Phi) is 11.6. The third-order valence-corrected chi connectivity index (χ3v) is 4.36. The number of ether oxygens (including phenoxy) is 6. The molecule has 1 N–H and O–H groups in total. The zero-order valence-electron chi connectivity index (χ0n) is 18.9. The number of unbranched alkanes of at least 4 members (excludes halogenated alkanes) is 1. The average molecular weight is 461 g/mol. The molecular weight excluding hydrogens is 430 g/mol. The van der Waals surface area contributed by atoms with Gasteiger partial charge in [-0.1, -0.05) is 0 Å². The van der Waals surface area contributed by atoms with Gasteiger partial charge in [0.05, 0.1) is 7.11 Å². The topological polar surface area (TPSA) is 153 Å². The highest BCUT2D eigenvalue weighted by molar-refractivity contribution is 5.73. The van der Waals surface area contributed by atoms with E-state index in [0.29, 0.717) is 12.8 Å². The number of carbonyl (C=O) groups is 5. The zero-order valence-corrected chi connectivity index (χ0v) is 18.9. The molecule has 12 nitrogen and oxygen atoms in total. The predicted octanol–water partition coefficient (Wildman–Crippen LogP) is 0.00240. The SMILES string of the molecule is COC(=O)CCCCOC1OC(COC(C)=O)[C@H](OC(C)=O)C(OC(C)=O)C1NC(C)=O. The van der Waals surface area contributed by atoms with Gasteiger partial charge in [0.2, 0.25) is 5.91 Å². The number of carbonyl (C=O) groups excluding carboxylic acids is 5. The standard InChI is InChI=1S/C20H31NO11/c1-11(22)21-17-19(31-14(4)25)18(30-13(3)24)15(10-29-12(2)23)32-20(17)28-9-7-6-8-16(26)27-5/h15,17-20H,6-10H2,1-5H3,(H,21,22)/t15?,17?,18-,19?,20?/m0/s1. The largest absolute Gasteiger partial charge is 0.469 e. The number of hydrogen-bond donors (Lipinski definition) is 1. The summed E-state index contributed by atoms with van der Waals surface area (Å²) in [7, 11) is 1.30. The summed E-state index contributed by atoms with van der Waals surface area (Å²) in [6.07, 6.45) is -3.32. The summed E-state index contributed by atoms with van der Waals surface area (Å²) in [6.45, 7) is 4.61. The Morgan fingerprint density at radius 3 is 2.03 bits per heavy atom. The maximum Gasteiger partial charge on any atom is 0.305 e. The number of esters is 4. The second-order valence-electron chi connectivity index (χ2n) is 7.12. The molecule has 0 saturated carbocycles. The summed E-state index contributed by atoms with van der Waals surface area (Å²) < 4.78 is 31.9. The normalized spacial score (nSPS) is 24.7. The van der Waals surface area contributed by atoms with Crippen molar-refractivity contribution in [3.63, 3.8) is 0 Å². The number of nitrogens with one attached hydrogen (secondary N) is 1. The van der Waals surface area contributed by atoms with E-state index in [4.69, 9.17) is 23.7 Å². The van der Waals surface area contributed by atoms with Crippen LogP contribution in [0.4, 0.5) is 0 Å². The molecule has 0 spiro atoms. The van der Waals surface area contributed by atoms with Gasteiger partial charge in [0.25, 0.3) is 0 Å². The zero-order chi connectivity index (χ0) is 24.3. The van der Waals surface area contributed by atoms with Gasteiger partial charge in [-0.2, -0.15) is 0 Å². The van der Waals surface area contributed by atoms with Crippen LogP contribution in [0.3, 0.4) is 0 Å². The van der Waals surface area contributed by atoms with Crippen molar-refractivity contribution in [2.45, 2.75) is 77.6 Å². The Bertz CT molecular complexity index is 680. The van der Waals surface area contributed by atoms with Crippen LogP contribution in [0.1, 0.15) is 47.0 Å². The number of rotatable bonds is 11. The van der Waals surface area contributed by atoms with Crippen molar-refractivity contribution < 1.29 is 52.4 Å². The number of methoxy groups -OCH3 is 1. The predicted molar refractivity (Wildman–Crippen MR) is 106 cm³/mol. The highest BCUT2D eigenvalue weighted by Crippen LogP contribution is 2.28. The Balaban J connectivity index is 3.07. The van der Waals surface area contributed by atoms with Crippen LogP contribution >= 0.6 is 0 Å². The minimum absolute atomic E-state index is 0.142. The summed E-state index contributed by atoms with van der Waals surface area (Å²) in [4.78, 5) is 57.8. The summed E-state index contributed by atoms with van der Waals surface area (Å²) in [5.74, 6) is -2.78. The van der Waals surface area contributed by atoms with Crippen molar-refractivity contribution in [3.8, 4) is 0 Å².